The van der Waals surface area contributed by atoms with E-state index in [2.05, 4.69) is 20.9 Å². The van der Waals surface area contributed by atoms with E-state index in [1.165, 1.54) is 12.1 Å². The zero-order valence-corrected chi connectivity index (χ0v) is 9.84. The Labute approximate surface area is 94.4 Å². The number of fused-ring (bicyclic) bond motifs is 1. The standard InChI is InChI=1S/C10H8BrClFN/c1-5-7(4-12)10-8(11)2-6(13)3-9(10)14-5/h2-3,14H,4H2,1H3. The first kappa shape index (κ1) is 9.99. The van der Waals surface area contributed by atoms with E-state index in [-0.39, 0.29) is 5.82 Å². The van der Waals surface area contributed by atoms with Crippen molar-refractivity contribution in [2.75, 3.05) is 0 Å². The van der Waals surface area contributed by atoms with Crippen molar-refractivity contribution in [1.29, 1.82) is 0 Å². The maximum absolute atomic E-state index is 13.1. The number of aromatic amines is 1. The fraction of sp³-hybridized carbons (Fsp3) is 0.200. The summed E-state index contributed by atoms with van der Waals surface area (Å²) in [5, 5.41) is 0.971. The number of benzene rings is 1. The minimum Gasteiger partial charge on any atom is -0.358 e. The zero-order chi connectivity index (χ0) is 10.3. The van der Waals surface area contributed by atoms with E-state index >= 15 is 0 Å². The van der Waals surface area contributed by atoms with Crippen LogP contribution in [-0.4, -0.2) is 4.98 Å². The number of aromatic nitrogens is 1. The van der Waals surface area contributed by atoms with Gasteiger partial charge in [0.25, 0.3) is 0 Å². The molecule has 74 valence electrons. The SMILES string of the molecule is Cc1[nH]c2cc(F)cc(Br)c2c1CCl. The summed E-state index contributed by atoms with van der Waals surface area (Å²) in [5.41, 5.74) is 2.79. The molecule has 1 heterocycles. The molecular formula is C10H8BrClFN. The van der Waals surface area contributed by atoms with Gasteiger partial charge in [0.1, 0.15) is 5.82 Å². The van der Waals surface area contributed by atoms with Gasteiger partial charge >= 0.3 is 0 Å². The molecule has 0 saturated carbocycles. The van der Waals surface area contributed by atoms with E-state index in [4.69, 9.17) is 11.6 Å². The van der Waals surface area contributed by atoms with Crippen LogP contribution < -0.4 is 0 Å². The summed E-state index contributed by atoms with van der Waals surface area (Å²) >= 11 is 9.16. The molecular weight excluding hydrogens is 268 g/mol. The van der Waals surface area contributed by atoms with Gasteiger partial charge in [-0.3, -0.25) is 0 Å². The second-order valence-corrected chi connectivity index (χ2v) is 4.29. The molecule has 14 heavy (non-hydrogen) atoms. The van der Waals surface area contributed by atoms with Crippen molar-refractivity contribution in [3.05, 3.63) is 33.7 Å². The Morgan fingerprint density at radius 3 is 2.86 bits per heavy atom. The van der Waals surface area contributed by atoms with E-state index < -0.39 is 0 Å². The van der Waals surface area contributed by atoms with Crippen molar-refractivity contribution in [1.82, 2.24) is 4.98 Å². The summed E-state index contributed by atoms with van der Waals surface area (Å²) in [6.07, 6.45) is 0. The highest BCUT2D eigenvalue weighted by Crippen LogP contribution is 2.31. The van der Waals surface area contributed by atoms with Gasteiger partial charge < -0.3 is 4.98 Å². The van der Waals surface area contributed by atoms with Crippen molar-refractivity contribution >= 4 is 38.4 Å². The Hall–Kier alpha value is -0.540. The quantitative estimate of drug-likeness (QED) is 0.754. The van der Waals surface area contributed by atoms with Gasteiger partial charge in [0.05, 0.1) is 0 Å². The molecule has 0 fully saturated rings. The third kappa shape index (κ3) is 1.44. The number of nitrogens with one attached hydrogen (secondary N) is 1. The number of rotatable bonds is 1. The molecule has 1 aromatic carbocycles. The first-order valence-electron chi connectivity index (χ1n) is 4.15. The molecule has 0 aliphatic heterocycles. The second kappa shape index (κ2) is 3.55. The summed E-state index contributed by atoms with van der Waals surface area (Å²) in [7, 11) is 0. The van der Waals surface area contributed by atoms with E-state index in [0.717, 1.165) is 26.6 Å². The van der Waals surface area contributed by atoms with Crippen LogP contribution in [0.1, 0.15) is 11.3 Å². The molecule has 0 aliphatic rings. The van der Waals surface area contributed by atoms with Crippen LogP contribution in [0.15, 0.2) is 16.6 Å². The van der Waals surface area contributed by atoms with Gasteiger partial charge in [0.2, 0.25) is 0 Å². The molecule has 1 nitrogen and oxygen atoms in total. The largest absolute Gasteiger partial charge is 0.358 e. The van der Waals surface area contributed by atoms with E-state index in [0.29, 0.717) is 5.88 Å². The fourth-order valence-corrected chi connectivity index (χ4v) is 2.62. The number of hydrogen-bond acceptors (Lipinski definition) is 0. The van der Waals surface area contributed by atoms with Gasteiger partial charge in [-0.1, -0.05) is 0 Å². The lowest BCUT2D eigenvalue weighted by Crippen LogP contribution is -1.80. The molecule has 1 aromatic heterocycles. The number of alkyl halides is 1. The van der Waals surface area contributed by atoms with Crippen molar-refractivity contribution in [3.8, 4) is 0 Å². The highest BCUT2D eigenvalue weighted by molar-refractivity contribution is 9.10. The summed E-state index contributed by atoms with van der Waals surface area (Å²) in [4.78, 5) is 3.11. The van der Waals surface area contributed by atoms with Crippen LogP contribution in [0.3, 0.4) is 0 Å². The average molecular weight is 277 g/mol. The number of halogens is 3. The molecule has 2 aromatic rings. The highest BCUT2D eigenvalue weighted by Gasteiger charge is 2.11. The van der Waals surface area contributed by atoms with Gasteiger partial charge in [-0.2, -0.15) is 0 Å². The topological polar surface area (TPSA) is 15.8 Å². The van der Waals surface area contributed by atoms with Gasteiger partial charge in [-0.25, -0.2) is 4.39 Å². The smallest absolute Gasteiger partial charge is 0.126 e. The third-order valence-corrected chi connectivity index (χ3v) is 3.16. The van der Waals surface area contributed by atoms with E-state index in [1.807, 2.05) is 6.92 Å². The Balaban J connectivity index is 2.88. The molecule has 0 unspecified atom stereocenters. The molecule has 0 amide bonds. The predicted molar refractivity (Wildman–Crippen MR) is 60.3 cm³/mol. The monoisotopic (exact) mass is 275 g/mol. The van der Waals surface area contributed by atoms with Crippen LogP contribution >= 0.6 is 27.5 Å². The second-order valence-electron chi connectivity index (χ2n) is 3.17. The van der Waals surface area contributed by atoms with Crippen LogP contribution in [0, 0.1) is 12.7 Å². The lowest BCUT2D eigenvalue weighted by Gasteiger charge is -1.98. The van der Waals surface area contributed by atoms with Crippen molar-refractivity contribution in [3.63, 3.8) is 0 Å². The Morgan fingerprint density at radius 1 is 1.50 bits per heavy atom. The van der Waals surface area contributed by atoms with Crippen LogP contribution in [0.25, 0.3) is 10.9 Å². The summed E-state index contributed by atoms with van der Waals surface area (Å²) in [6.45, 7) is 1.93. The van der Waals surface area contributed by atoms with E-state index in [1.54, 1.807) is 0 Å². The van der Waals surface area contributed by atoms with Gasteiger partial charge in [0.15, 0.2) is 0 Å². The Kier molecular flexibility index (Phi) is 2.54. The third-order valence-electron chi connectivity index (χ3n) is 2.27. The van der Waals surface area contributed by atoms with Crippen LogP contribution in [0.2, 0.25) is 0 Å². The molecule has 0 atom stereocenters. The Morgan fingerprint density at radius 2 is 2.21 bits per heavy atom. The normalized spacial score (nSPS) is 11.1. The van der Waals surface area contributed by atoms with Gasteiger partial charge in [-0.05, 0) is 40.5 Å². The molecule has 0 aliphatic carbocycles. The summed E-state index contributed by atoms with van der Waals surface area (Å²) in [6, 6.07) is 2.93. The van der Waals surface area contributed by atoms with Crippen LogP contribution in [0.5, 0.6) is 0 Å². The molecule has 4 heteroatoms. The maximum atomic E-state index is 13.1. The summed E-state index contributed by atoms with van der Waals surface area (Å²) in [5.74, 6) is 0.169. The molecule has 0 saturated heterocycles. The fourth-order valence-electron chi connectivity index (χ4n) is 1.61. The lowest BCUT2D eigenvalue weighted by atomic mass is 10.1. The van der Waals surface area contributed by atoms with E-state index in [9.17, 15) is 4.39 Å². The molecule has 2 rings (SSSR count). The highest BCUT2D eigenvalue weighted by atomic mass is 79.9. The molecule has 0 radical (unpaired) electrons. The number of H-pyrrole nitrogens is 1. The van der Waals surface area contributed by atoms with Crippen molar-refractivity contribution in [2.24, 2.45) is 0 Å². The molecule has 0 bridgehead atoms. The van der Waals surface area contributed by atoms with Gasteiger partial charge in [0, 0.05) is 26.9 Å². The zero-order valence-electron chi connectivity index (χ0n) is 7.50. The van der Waals surface area contributed by atoms with Gasteiger partial charge in [-0.15, -0.1) is 11.6 Å². The van der Waals surface area contributed by atoms with Crippen LogP contribution in [0.4, 0.5) is 4.39 Å². The minimum atomic E-state index is -0.258. The summed E-state index contributed by atoms with van der Waals surface area (Å²) < 4.78 is 13.8. The maximum Gasteiger partial charge on any atom is 0.126 e. The Bertz CT molecular complexity index is 492. The minimum absolute atomic E-state index is 0.258. The lowest BCUT2D eigenvalue weighted by molar-refractivity contribution is 0.628. The number of hydrogen-bond donors (Lipinski definition) is 1. The van der Waals surface area contributed by atoms with Crippen molar-refractivity contribution in [2.45, 2.75) is 12.8 Å². The first-order chi connectivity index (χ1) is 6.63. The van der Waals surface area contributed by atoms with Crippen molar-refractivity contribution < 1.29 is 4.39 Å². The number of aryl methyl sites for hydroxylation is 1. The molecule has 0 spiro atoms. The van der Waals surface area contributed by atoms with Crippen LogP contribution in [-0.2, 0) is 5.88 Å². The molecule has 1 N–H and O–H groups in total. The predicted octanol–water partition coefficient (Wildman–Crippen LogP) is 4.12. The average Bonchev–Trinajstić information content (AvgIpc) is 2.40. The first-order valence-corrected chi connectivity index (χ1v) is 5.48.